The lowest BCUT2D eigenvalue weighted by Crippen LogP contribution is -2.32. The molecule has 0 bridgehead atoms. The highest BCUT2D eigenvalue weighted by Crippen LogP contribution is 2.30. The van der Waals surface area contributed by atoms with Crippen molar-refractivity contribution in [3.8, 4) is 0 Å². The fourth-order valence-corrected chi connectivity index (χ4v) is 4.41. The summed E-state index contributed by atoms with van der Waals surface area (Å²) in [6, 6.07) is 6.09. The highest BCUT2D eigenvalue weighted by molar-refractivity contribution is 6.01. The highest BCUT2D eigenvalue weighted by Gasteiger charge is 2.33. The summed E-state index contributed by atoms with van der Waals surface area (Å²) < 4.78 is 78.1. The number of nitrogens with zero attached hydrogens (tertiary/aromatic N) is 4. The molecule has 1 fully saturated rings. The molecule has 8 nitrogen and oxygen atoms in total. The third kappa shape index (κ3) is 8.02. The monoisotopic (exact) mass is 594 g/mol. The number of anilines is 1. The molecule has 4 rings (SSSR count). The van der Waals surface area contributed by atoms with Crippen molar-refractivity contribution in [2.75, 3.05) is 18.4 Å². The summed E-state index contributed by atoms with van der Waals surface area (Å²) in [6.45, 7) is 3.31. The number of aromatic nitrogens is 3. The van der Waals surface area contributed by atoms with Crippen LogP contribution < -0.4 is 10.6 Å². The van der Waals surface area contributed by atoms with Crippen LogP contribution in [0.4, 0.5) is 32.0 Å². The first-order valence-corrected chi connectivity index (χ1v) is 13.2. The first-order valence-electron chi connectivity index (χ1n) is 13.2. The maximum Gasteiger partial charge on any atom is 0.433 e. The molecule has 1 aliphatic rings. The Kier molecular flexibility index (Phi) is 9.44. The Hall–Kier alpha value is -4.07. The summed E-state index contributed by atoms with van der Waals surface area (Å²) >= 11 is 0. The van der Waals surface area contributed by atoms with Crippen LogP contribution in [-0.2, 0) is 30.2 Å². The second kappa shape index (κ2) is 12.8. The van der Waals surface area contributed by atoms with Crippen molar-refractivity contribution >= 4 is 17.5 Å². The van der Waals surface area contributed by atoms with E-state index in [1.54, 1.807) is 6.92 Å². The third-order valence-corrected chi connectivity index (χ3v) is 6.87. The first kappa shape index (κ1) is 30.9. The lowest BCUT2D eigenvalue weighted by molar-refractivity contribution is -0.141. The van der Waals surface area contributed by atoms with Crippen molar-refractivity contribution in [3.05, 3.63) is 82.7 Å². The second-order valence-corrected chi connectivity index (χ2v) is 9.95. The Balaban J connectivity index is 1.38. The molecule has 224 valence electrons. The Bertz CT molecular complexity index is 1390. The van der Waals surface area contributed by atoms with Crippen LogP contribution in [0.15, 0.2) is 48.8 Å². The molecule has 42 heavy (non-hydrogen) atoms. The maximum absolute atomic E-state index is 13.3. The van der Waals surface area contributed by atoms with Crippen LogP contribution in [0.2, 0.25) is 0 Å². The Morgan fingerprint density at radius 1 is 0.905 bits per heavy atom. The summed E-state index contributed by atoms with van der Waals surface area (Å²) in [5.41, 5.74) is -0.630. The molecule has 2 amide bonds. The molecule has 1 unspecified atom stereocenters. The number of likely N-dealkylation sites (tertiary alicyclic amines) is 1. The molecule has 0 spiro atoms. The third-order valence-electron chi connectivity index (χ3n) is 6.87. The summed E-state index contributed by atoms with van der Waals surface area (Å²) in [5.74, 6) is -2.21. The fraction of sp³-hybridized carbons (Fsp3) is 0.393. The van der Waals surface area contributed by atoms with Gasteiger partial charge in [0, 0.05) is 36.7 Å². The SMILES string of the molecule is CC(C(=O)NCc1ccc(C(F)(F)F)nc1CN1CCCCC1)c1cnc(C(=O)Nc2ccc(C(F)(F)F)cc2)nc1. The van der Waals surface area contributed by atoms with E-state index in [0.717, 1.165) is 62.7 Å². The van der Waals surface area contributed by atoms with Crippen molar-refractivity contribution in [1.82, 2.24) is 25.2 Å². The molecule has 3 heterocycles. The van der Waals surface area contributed by atoms with Gasteiger partial charge in [0.05, 0.1) is 17.2 Å². The topological polar surface area (TPSA) is 100 Å². The Morgan fingerprint density at radius 2 is 1.55 bits per heavy atom. The van der Waals surface area contributed by atoms with Gasteiger partial charge in [-0.05, 0) is 68.8 Å². The molecule has 0 aliphatic carbocycles. The maximum atomic E-state index is 13.3. The first-order chi connectivity index (χ1) is 19.8. The lowest BCUT2D eigenvalue weighted by Gasteiger charge is -2.27. The van der Waals surface area contributed by atoms with Gasteiger partial charge in [-0.25, -0.2) is 15.0 Å². The molecule has 1 atom stereocenters. The van der Waals surface area contributed by atoms with Crippen molar-refractivity contribution in [2.24, 2.45) is 0 Å². The molecular formula is C28H28F6N6O2. The van der Waals surface area contributed by atoms with Gasteiger partial charge >= 0.3 is 12.4 Å². The number of hydrogen-bond donors (Lipinski definition) is 2. The Labute approximate surface area is 237 Å². The van der Waals surface area contributed by atoms with E-state index in [0.29, 0.717) is 11.1 Å². The summed E-state index contributed by atoms with van der Waals surface area (Å²) in [6.07, 6.45) is -3.55. The van der Waals surface area contributed by atoms with Crippen LogP contribution in [0, 0.1) is 0 Å². The number of benzene rings is 1. The normalized spacial score (nSPS) is 15.2. The zero-order valence-electron chi connectivity index (χ0n) is 22.5. The number of carbonyl (C=O) groups is 2. The molecule has 0 radical (unpaired) electrons. The summed E-state index contributed by atoms with van der Waals surface area (Å²) in [4.78, 5) is 39.1. The van der Waals surface area contributed by atoms with Gasteiger partial charge in [-0.1, -0.05) is 12.5 Å². The highest BCUT2D eigenvalue weighted by atomic mass is 19.4. The van der Waals surface area contributed by atoms with Crippen molar-refractivity contribution in [1.29, 1.82) is 0 Å². The van der Waals surface area contributed by atoms with Crippen LogP contribution >= 0.6 is 0 Å². The molecule has 3 aromatic rings. The number of nitrogens with one attached hydrogen (secondary N) is 2. The standard InChI is InChI=1S/C28H28F6N6O2/c1-17(19-14-35-24(36-15-19)26(42)38-21-8-6-20(7-9-21)27(29,30)31)25(41)37-13-18-5-10-23(28(32,33)34)39-22(18)16-40-11-3-2-4-12-40/h5-10,14-15,17H,2-4,11-13,16H2,1H3,(H,37,41)(H,38,42). The van der Waals surface area contributed by atoms with Gasteiger partial charge in [-0.3, -0.25) is 14.5 Å². The van der Waals surface area contributed by atoms with Crippen LogP contribution in [0.5, 0.6) is 0 Å². The van der Waals surface area contributed by atoms with E-state index < -0.39 is 41.3 Å². The van der Waals surface area contributed by atoms with E-state index in [2.05, 4.69) is 25.6 Å². The summed E-state index contributed by atoms with van der Waals surface area (Å²) in [5, 5.41) is 5.13. The number of alkyl halides is 6. The minimum absolute atomic E-state index is 0.0358. The van der Waals surface area contributed by atoms with Gasteiger partial charge in [0.25, 0.3) is 5.91 Å². The number of carbonyl (C=O) groups excluding carboxylic acids is 2. The zero-order chi connectivity index (χ0) is 30.5. The van der Waals surface area contributed by atoms with Gasteiger partial charge < -0.3 is 10.6 Å². The molecule has 1 saturated heterocycles. The fourth-order valence-electron chi connectivity index (χ4n) is 4.41. The molecule has 2 N–H and O–H groups in total. The quantitative estimate of drug-likeness (QED) is 0.331. The number of piperidine rings is 1. The number of hydrogen-bond acceptors (Lipinski definition) is 6. The predicted octanol–water partition coefficient (Wildman–Crippen LogP) is 5.57. The van der Waals surface area contributed by atoms with Crippen LogP contribution in [0.3, 0.4) is 0 Å². The number of amides is 2. The predicted molar refractivity (Wildman–Crippen MR) is 140 cm³/mol. The van der Waals surface area contributed by atoms with Crippen LogP contribution in [-0.4, -0.2) is 44.8 Å². The number of pyridine rings is 1. The van der Waals surface area contributed by atoms with Gasteiger partial charge in [0.1, 0.15) is 5.69 Å². The smallest absolute Gasteiger partial charge is 0.351 e. The molecule has 14 heteroatoms. The molecule has 1 aromatic carbocycles. The van der Waals surface area contributed by atoms with Crippen molar-refractivity contribution in [2.45, 2.75) is 57.5 Å². The van der Waals surface area contributed by atoms with E-state index in [-0.39, 0.29) is 30.3 Å². The number of rotatable bonds is 8. The van der Waals surface area contributed by atoms with Gasteiger partial charge in [0.2, 0.25) is 11.7 Å². The minimum atomic E-state index is -4.59. The minimum Gasteiger partial charge on any atom is -0.351 e. The lowest BCUT2D eigenvalue weighted by atomic mass is 10.0. The second-order valence-electron chi connectivity index (χ2n) is 9.95. The Morgan fingerprint density at radius 3 is 2.14 bits per heavy atom. The molecule has 0 saturated carbocycles. The average molecular weight is 595 g/mol. The average Bonchev–Trinajstić information content (AvgIpc) is 2.96. The van der Waals surface area contributed by atoms with E-state index in [9.17, 15) is 35.9 Å². The van der Waals surface area contributed by atoms with Gasteiger partial charge in [0.15, 0.2) is 0 Å². The van der Waals surface area contributed by atoms with E-state index >= 15 is 0 Å². The molecular weight excluding hydrogens is 566 g/mol. The van der Waals surface area contributed by atoms with Gasteiger partial charge in [-0.15, -0.1) is 0 Å². The van der Waals surface area contributed by atoms with E-state index in [1.165, 1.54) is 18.5 Å². The van der Waals surface area contributed by atoms with Crippen molar-refractivity contribution < 1.29 is 35.9 Å². The van der Waals surface area contributed by atoms with Gasteiger partial charge in [-0.2, -0.15) is 26.3 Å². The molecule has 2 aromatic heterocycles. The van der Waals surface area contributed by atoms with Crippen molar-refractivity contribution in [3.63, 3.8) is 0 Å². The van der Waals surface area contributed by atoms with Crippen LogP contribution in [0.1, 0.15) is 70.8 Å². The largest absolute Gasteiger partial charge is 0.433 e. The zero-order valence-corrected chi connectivity index (χ0v) is 22.5. The number of halogens is 6. The molecule has 1 aliphatic heterocycles. The van der Waals surface area contributed by atoms with Crippen LogP contribution in [0.25, 0.3) is 0 Å². The summed E-state index contributed by atoms with van der Waals surface area (Å²) in [7, 11) is 0. The van der Waals surface area contributed by atoms with E-state index in [4.69, 9.17) is 0 Å². The van der Waals surface area contributed by atoms with E-state index in [1.807, 2.05) is 4.90 Å².